The Balaban J connectivity index is 2.21. The number of nitrogens with one attached hydrogen (secondary N) is 1. The van der Waals surface area contributed by atoms with Crippen LogP contribution in [0, 0.1) is 6.92 Å². The summed E-state index contributed by atoms with van der Waals surface area (Å²) in [4.78, 5) is 15.8. The number of ether oxygens (including phenoxy) is 1. The first-order chi connectivity index (χ1) is 9.61. The van der Waals surface area contributed by atoms with E-state index in [1.165, 1.54) is 7.11 Å². The summed E-state index contributed by atoms with van der Waals surface area (Å²) in [5, 5.41) is 3.71. The third kappa shape index (κ3) is 3.27. The van der Waals surface area contributed by atoms with Crippen molar-refractivity contribution in [3.05, 3.63) is 58.4 Å². The lowest BCUT2D eigenvalue weighted by atomic mass is 10.1. The number of methoxy groups -OCH3 is 1. The molecule has 0 fully saturated rings. The van der Waals surface area contributed by atoms with Crippen molar-refractivity contribution in [1.82, 2.24) is 4.98 Å². The predicted molar refractivity (Wildman–Crippen MR) is 79.1 cm³/mol. The van der Waals surface area contributed by atoms with Gasteiger partial charge in [0.1, 0.15) is 0 Å². The fourth-order valence-electron chi connectivity index (χ4n) is 1.82. The van der Waals surface area contributed by atoms with E-state index in [1.807, 2.05) is 13.0 Å². The SMILES string of the molecule is COC(=O)c1cc(Cl)ccc1NCc1cnccc1C. The van der Waals surface area contributed by atoms with Crippen LogP contribution in [-0.4, -0.2) is 18.1 Å². The summed E-state index contributed by atoms with van der Waals surface area (Å²) < 4.78 is 4.76. The number of rotatable bonds is 4. The molecule has 0 saturated heterocycles. The van der Waals surface area contributed by atoms with Crippen molar-refractivity contribution in [2.75, 3.05) is 12.4 Å². The molecule has 4 nitrogen and oxygen atoms in total. The quantitative estimate of drug-likeness (QED) is 0.876. The van der Waals surface area contributed by atoms with Crippen LogP contribution >= 0.6 is 11.6 Å². The number of benzene rings is 1. The molecule has 1 aromatic heterocycles. The zero-order valence-electron chi connectivity index (χ0n) is 11.3. The van der Waals surface area contributed by atoms with Gasteiger partial charge in [-0.25, -0.2) is 4.79 Å². The zero-order valence-corrected chi connectivity index (χ0v) is 12.1. The van der Waals surface area contributed by atoms with Crippen molar-refractivity contribution in [2.24, 2.45) is 0 Å². The molecule has 5 heteroatoms. The van der Waals surface area contributed by atoms with Crippen LogP contribution in [0.15, 0.2) is 36.7 Å². The molecule has 0 atom stereocenters. The molecule has 1 heterocycles. The van der Waals surface area contributed by atoms with Crippen LogP contribution < -0.4 is 5.32 Å². The fourth-order valence-corrected chi connectivity index (χ4v) is 1.99. The minimum Gasteiger partial charge on any atom is -0.465 e. The summed E-state index contributed by atoms with van der Waals surface area (Å²) in [7, 11) is 1.35. The van der Waals surface area contributed by atoms with Gasteiger partial charge in [0.05, 0.1) is 12.7 Å². The number of hydrogen-bond acceptors (Lipinski definition) is 4. The van der Waals surface area contributed by atoms with E-state index < -0.39 is 5.97 Å². The third-order valence-electron chi connectivity index (χ3n) is 3.00. The molecule has 20 heavy (non-hydrogen) atoms. The van der Waals surface area contributed by atoms with E-state index in [2.05, 4.69) is 10.3 Å². The van der Waals surface area contributed by atoms with Crippen molar-refractivity contribution in [3.63, 3.8) is 0 Å². The Bertz CT molecular complexity index is 629. The predicted octanol–water partition coefficient (Wildman–Crippen LogP) is 3.44. The summed E-state index contributed by atoms with van der Waals surface area (Å²) in [6.07, 6.45) is 3.55. The molecule has 104 valence electrons. The standard InChI is InChI=1S/C15H15ClN2O2/c1-10-5-6-17-8-11(10)9-18-14-4-3-12(16)7-13(14)15(19)20-2/h3-8,18H,9H2,1-2H3. The van der Waals surface area contributed by atoms with Crippen LogP contribution in [0.1, 0.15) is 21.5 Å². The highest BCUT2D eigenvalue weighted by Crippen LogP contribution is 2.22. The van der Waals surface area contributed by atoms with Crippen molar-refractivity contribution in [1.29, 1.82) is 0 Å². The lowest BCUT2D eigenvalue weighted by molar-refractivity contribution is 0.0602. The Morgan fingerprint density at radius 1 is 1.40 bits per heavy atom. The van der Waals surface area contributed by atoms with Crippen LogP contribution in [0.2, 0.25) is 5.02 Å². The van der Waals surface area contributed by atoms with E-state index in [9.17, 15) is 4.79 Å². The molecule has 0 radical (unpaired) electrons. The van der Waals surface area contributed by atoms with E-state index in [0.717, 1.165) is 11.1 Å². The molecular formula is C15H15ClN2O2. The molecule has 1 N–H and O–H groups in total. The minimum atomic E-state index is -0.419. The zero-order chi connectivity index (χ0) is 14.5. The van der Waals surface area contributed by atoms with E-state index in [0.29, 0.717) is 22.8 Å². The van der Waals surface area contributed by atoms with Crippen LogP contribution in [0.4, 0.5) is 5.69 Å². The second kappa shape index (κ2) is 6.39. The summed E-state index contributed by atoms with van der Waals surface area (Å²) in [5.74, 6) is -0.419. The van der Waals surface area contributed by atoms with Crippen LogP contribution in [-0.2, 0) is 11.3 Å². The van der Waals surface area contributed by atoms with Crippen LogP contribution in [0.5, 0.6) is 0 Å². The number of aryl methyl sites for hydroxylation is 1. The van der Waals surface area contributed by atoms with Gasteiger partial charge >= 0.3 is 5.97 Å². The Hall–Kier alpha value is -2.07. The Morgan fingerprint density at radius 2 is 2.20 bits per heavy atom. The number of anilines is 1. The van der Waals surface area contributed by atoms with Gasteiger partial charge in [0, 0.05) is 29.6 Å². The molecule has 0 aliphatic heterocycles. The topological polar surface area (TPSA) is 51.2 Å². The molecule has 0 bridgehead atoms. The van der Waals surface area contributed by atoms with Gasteiger partial charge in [-0.05, 0) is 42.3 Å². The number of pyridine rings is 1. The van der Waals surface area contributed by atoms with Crippen molar-refractivity contribution >= 4 is 23.3 Å². The Kier molecular flexibility index (Phi) is 4.58. The molecule has 0 saturated carbocycles. The molecule has 0 unspecified atom stereocenters. The second-order valence-corrected chi connectivity index (χ2v) is 4.77. The summed E-state index contributed by atoms with van der Waals surface area (Å²) in [6.45, 7) is 2.59. The second-order valence-electron chi connectivity index (χ2n) is 4.34. The van der Waals surface area contributed by atoms with Gasteiger partial charge in [-0.3, -0.25) is 4.98 Å². The molecule has 2 rings (SSSR count). The number of aromatic nitrogens is 1. The minimum absolute atomic E-state index is 0.418. The summed E-state index contributed by atoms with van der Waals surface area (Å²) in [6, 6.07) is 7.03. The lowest BCUT2D eigenvalue weighted by Gasteiger charge is -2.12. The van der Waals surface area contributed by atoms with Crippen molar-refractivity contribution < 1.29 is 9.53 Å². The molecule has 0 amide bonds. The Labute approximate surface area is 122 Å². The maximum atomic E-state index is 11.7. The number of halogens is 1. The number of hydrogen-bond donors (Lipinski definition) is 1. The van der Waals surface area contributed by atoms with Gasteiger partial charge in [-0.15, -0.1) is 0 Å². The molecule has 1 aromatic carbocycles. The average Bonchev–Trinajstić information content (AvgIpc) is 2.46. The number of carbonyl (C=O) groups excluding carboxylic acids is 1. The average molecular weight is 291 g/mol. The molecule has 0 spiro atoms. The van der Waals surface area contributed by atoms with Gasteiger partial charge < -0.3 is 10.1 Å². The maximum absolute atomic E-state index is 11.7. The van der Waals surface area contributed by atoms with E-state index in [-0.39, 0.29) is 0 Å². The van der Waals surface area contributed by atoms with E-state index in [4.69, 9.17) is 16.3 Å². The first-order valence-electron chi connectivity index (χ1n) is 6.13. The third-order valence-corrected chi connectivity index (χ3v) is 3.24. The van der Waals surface area contributed by atoms with Crippen molar-refractivity contribution in [2.45, 2.75) is 13.5 Å². The highest BCUT2D eigenvalue weighted by atomic mass is 35.5. The van der Waals surface area contributed by atoms with Gasteiger partial charge in [0.2, 0.25) is 0 Å². The first-order valence-corrected chi connectivity index (χ1v) is 6.51. The molecular weight excluding hydrogens is 276 g/mol. The summed E-state index contributed by atoms with van der Waals surface area (Å²) >= 11 is 5.91. The molecule has 0 aliphatic rings. The normalized spacial score (nSPS) is 10.2. The van der Waals surface area contributed by atoms with Crippen LogP contribution in [0.25, 0.3) is 0 Å². The highest BCUT2D eigenvalue weighted by molar-refractivity contribution is 6.31. The highest BCUT2D eigenvalue weighted by Gasteiger charge is 2.12. The molecule has 2 aromatic rings. The fraction of sp³-hybridized carbons (Fsp3) is 0.200. The summed E-state index contributed by atoms with van der Waals surface area (Å²) in [5.41, 5.74) is 3.31. The smallest absolute Gasteiger partial charge is 0.340 e. The lowest BCUT2D eigenvalue weighted by Crippen LogP contribution is -2.09. The van der Waals surface area contributed by atoms with Gasteiger partial charge in [0.15, 0.2) is 0 Å². The Morgan fingerprint density at radius 3 is 2.90 bits per heavy atom. The first kappa shape index (κ1) is 14.3. The van der Waals surface area contributed by atoms with E-state index in [1.54, 1.807) is 30.6 Å². The van der Waals surface area contributed by atoms with Crippen molar-refractivity contribution in [3.8, 4) is 0 Å². The van der Waals surface area contributed by atoms with Crippen LogP contribution in [0.3, 0.4) is 0 Å². The molecule has 0 aliphatic carbocycles. The van der Waals surface area contributed by atoms with Gasteiger partial charge in [-0.2, -0.15) is 0 Å². The largest absolute Gasteiger partial charge is 0.465 e. The van der Waals surface area contributed by atoms with Gasteiger partial charge in [-0.1, -0.05) is 11.6 Å². The van der Waals surface area contributed by atoms with E-state index >= 15 is 0 Å². The number of carbonyl (C=O) groups is 1. The van der Waals surface area contributed by atoms with Gasteiger partial charge in [0.25, 0.3) is 0 Å². The maximum Gasteiger partial charge on any atom is 0.340 e. The number of esters is 1. The number of nitrogens with zero attached hydrogens (tertiary/aromatic N) is 1. The monoisotopic (exact) mass is 290 g/mol.